The van der Waals surface area contributed by atoms with Crippen LogP contribution in [0.5, 0.6) is 0 Å². The van der Waals surface area contributed by atoms with E-state index in [-0.39, 0.29) is 0 Å². The maximum absolute atomic E-state index is 13.4. The summed E-state index contributed by atoms with van der Waals surface area (Å²) in [7, 11) is 1.76. The number of aromatic nitrogens is 4. The van der Waals surface area contributed by atoms with Gasteiger partial charge in [0, 0.05) is 30.9 Å². The lowest BCUT2D eigenvalue weighted by Gasteiger charge is -2.07. The number of rotatable bonds is 4. The number of benzene rings is 1. The number of aryl methyl sites for hydroxylation is 1. The van der Waals surface area contributed by atoms with Crippen LogP contribution in [0, 0.1) is 15.9 Å². The van der Waals surface area contributed by atoms with Crippen molar-refractivity contribution in [3.05, 3.63) is 58.7 Å². The Labute approximate surface area is 129 Å². The fourth-order valence-electron chi connectivity index (χ4n) is 2.00. The maximum atomic E-state index is 13.4. The quantitative estimate of drug-likeness (QED) is 0.587. The summed E-state index contributed by atoms with van der Waals surface area (Å²) in [6.45, 7) is 0. The largest absolute Gasteiger partial charge is 0.309 e. The fraction of sp³-hybridized carbons (Fsp3) is 0.0714. The number of hydrogen-bond donors (Lipinski definition) is 1. The Bertz CT molecular complexity index is 879. The van der Waals surface area contributed by atoms with Crippen LogP contribution in [0.2, 0.25) is 0 Å². The van der Waals surface area contributed by atoms with E-state index in [0.717, 1.165) is 12.1 Å². The first kappa shape index (κ1) is 14.6. The molecule has 0 spiro atoms. The Hall–Kier alpha value is -3.36. The Balaban J connectivity index is 1.95. The third-order valence-electron chi connectivity index (χ3n) is 3.15. The Kier molecular flexibility index (Phi) is 3.67. The molecule has 1 N–H and O–H groups in total. The minimum absolute atomic E-state index is 0.304. The van der Waals surface area contributed by atoms with Gasteiger partial charge in [-0.1, -0.05) is 0 Å². The second-order valence-corrected chi connectivity index (χ2v) is 4.65. The number of halogens is 1. The molecule has 0 atom stereocenters. The van der Waals surface area contributed by atoms with Gasteiger partial charge in [0.05, 0.1) is 16.8 Å². The summed E-state index contributed by atoms with van der Waals surface area (Å²) >= 11 is 0. The second kappa shape index (κ2) is 5.79. The Morgan fingerprint density at radius 2 is 2.09 bits per heavy atom. The predicted molar refractivity (Wildman–Crippen MR) is 80.6 cm³/mol. The van der Waals surface area contributed by atoms with Crippen LogP contribution in [0.25, 0.3) is 11.3 Å². The molecule has 8 nitrogen and oxygen atoms in total. The first-order chi connectivity index (χ1) is 11.0. The number of nitro benzene ring substituents is 1. The van der Waals surface area contributed by atoms with Crippen LogP contribution in [0.1, 0.15) is 0 Å². The van der Waals surface area contributed by atoms with Crippen LogP contribution in [0.15, 0.2) is 42.7 Å². The minimum Gasteiger partial charge on any atom is -0.309 e. The molecule has 9 heteroatoms. The van der Waals surface area contributed by atoms with Crippen molar-refractivity contribution in [3.8, 4) is 11.3 Å². The van der Waals surface area contributed by atoms with Crippen molar-refractivity contribution in [2.75, 3.05) is 5.32 Å². The zero-order valence-electron chi connectivity index (χ0n) is 12.0. The molecular formula is C14H11FN6O2. The van der Waals surface area contributed by atoms with Crippen molar-refractivity contribution in [2.45, 2.75) is 0 Å². The molecule has 1 aromatic carbocycles. The van der Waals surface area contributed by atoms with Gasteiger partial charge >= 0.3 is 5.69 Å². The van der Waals surface area contributed by atoms with Gasteiger partial charge in [0.1, 0.15) is 5.82 Å². The Morgan fingerprint density at radius 1 is 1.26 bits per heavy atom. The summed E-state index contributed by atoms with van der Waals surface area (Å²) in [5.41, 5.74) is 0.267. The van der Waals surface area contributed by atoms with E-state index in [2.05, 4.69) is 20.4 Å². The molecular weight excluding hydrogens is 303 g/mol. The van der Waals surface area contributed by atoms with Crippen LogP contribution in [-0.2, 0) is 7.05 Å². The molecule has 23 heavy (non-hydrogen) atoms. The Morgan fingerprint density at radius 3 is 2.78 bits per heavy atom. The van der Waals surface area contributed by atoms with Gasteiger partial charge in [-0.25, -0.2) is 9.97 Å². The maximum Gasteiger partial charge on any atom is 0.305 e. The topological polar surface area (TPSA) is 98.8 Å². The summed E-state index contributed by atoms with van der Waals surface area (Å²) < 4.78 is 15.0. The van der Waals surface area contributed by atoms with Crippen molar-refractivity contribution in [3.63, 3.8) is 0 Å². The van der Waals surface area contributed by atoms with Gasteiger partial charge in [0.15, 0.2) is 0 Å². The monoisotopic (exact) mass is 314 g/mol. The van der Waals surface area contributed by atoms with E-state index in [4.69, 9.17) is 0 Å². The van der Waals surface area contributed by atoms with Gasteiger partial charge in [-0.05, 0) is 18.2 Å². The summed E-state index contributed by atoms with van der Waals surface area (Å²) in [5.74, 6) is 0.103. The van der Waals surface area contributed by atoms with E-state index in [1.165, 1.54) is 12.3 Å². The zero-order valence-corrected chi connectivity index (χ0v) is 12.0. The highest BCUT2D eigenvalue weighted by molar-refractivity contribution is 5.64. The minimum atomic E-state index is -0.888. The van der Waals surface area contributed by atoms with Gasteiger partial charge in [-0.15, -0.1) is 0 Å². The number of anilines is 2. The highest BCUT2D eigenvalue weighted by Gasteiger charge is 2.15. The lowest BCUT2D eigenvalue weighted by molar-refractivity contribution is -0.387. The van der Waals surface area contributed by atoms with Gasteiger partial charge < -0.3 is 5.32 Å². The number of nitrogens with zero attached hydrogens (tertiary/aromatic N) is 5. The van der Waals surface area contributed by atoms with Crippen molar-refractivity contribution < 1.29 is 9.31 Å². The summed E-state index contributed by atoms with van der Waals surface area (Å²) in [6.07, 6.45) is 3.13. The first-order valence-electron chi connectivity index (χ1n) is 6.57. The van der Waals surface area contributed by atoms with E-state index in [1.54, 1.807) is 30.1 Å². The van der Waals surface area contributed by atoms with E-state index in [0.29, 0.717) is 23.0 Å². The predicted octanol–water partition coefficient (Wildman–Crippen LogP) is 2.67. The molecule has 0 fully saturated rings. The van der Waals surface area contributed by atoms with E-state index < -0.39 is 16.4 Å². The normalized spacial score (nSPS) is 10.5. The van der Waals surface area contributed by atoms with E-state index in [9.17, 15) is 14.5 Å². The smallest absolute Gasteiger partial charge is 0.305 e. The molecule has 116 valence electrons. The van der Waals surface area contributed by atoms with Crippen molar-refractivity contribution in [1.82, 2.24) is 19.7 Å². The summed E-state index contributed by atoms with van der Waals surface area (Å²) in [4.78, 5) is 18.4. The molecule has 3 rings (SSSR count). The van der Waals surface area contributed by atoms with Gasteiger partial charge in [-0.2, -0.15) is 9.49 Å². The lowest BCUT2D eigenvalue weighted by Crippen LogP contribution is -2.03. The van der Waals surface area contributed by atoms with Crippen LogP contribution in [0.4, 0.5) is 21.8 Å². The van der Waals surface area contributed by atoms with Crippen molar-refractivity contribution in [1.29, 1.82) is 0 Å². The highest BCUT2D eigenvalue weighted by Crippen LogP contribution is 2.25. The molecule has 0 aliphatic carbocycles. The van der Waals surface area contributed by atoms with Crippen LogP contribution >= 0.6 is 0 Å². The molecule has 0 saturated carbocycles. The molecule has 0 amide bonds. The average Bonchev–Trinajstić information content (AvgIpc) is 2.93. The highest BCUT2D eigenvalue weighted by atomic mass is 19.1. The average molecular weight is 314 g/mol. The van der Waals surface area contributed by atoms with Gasteiger partial charge in [-0.3, -0.25) is 14.8 Å². The van der Waals surface area contributed by atoms with Crippen LogP contribution in [0.3, 0.4) is 0 Å². The molecule has 2 aromatic heterocycles. The molecule has 0 radical (unpaired) electrons. The standard InChI is InChI=1S/C14H11FN6O2/c1-20-13(5-7-17-20)19-14-16-6-4-11(18-14)9-2-3-10(15)12(8-9)21(22)23/h2-8H,1H3,(H,16,18,19). The van der Waals surface area contributed by atoms with Crippen LogP contribution < -0.4 is 5.32 Å². The third-order valence-corrected chi connectivity index (χ3v) is 3.15. The van der Waals surface area contributed by atoms with E-state index >= 15 is 0 Å². The molecule has 0 aliphatic rings. The fourth-order valence-corrected chi connectivity index (χ4v) is 2.00. The number of nitrogens with one attached hydrogen (secondary N) is 1. The molecule has 0 saturated heterocycles. The van der Waals surface area contributed by atoms with Crippen molar-refractivity contribution in [2.24, 2.45) is 7.05 Å². The third kappa shape index (κ3) is 2.98. The SMILES string of the molecule is Cn1nccc1Nc1nccc(-c2ccc(F)c([N+](=O)[O-])c2)n1. The molecule has 0 unspecified atom stereocenters. The molecule has 0 bridgehead atoms. The molecule has 2 heterocycles. The van der Waals surface area contributed by atoms with Crippen LogP contribution in [-0.4, -0.2) is 24.7 Å². The molecule has 0 aliphatic heterocycles. The van der Waals surface area contributed by atoms with Gasteiger partial charge in [0.25, 0.3) is 0 Å². The first-order valence-corrected chi connectivity index (χ1v) is 6.57. The number of hydrogen-bond acceptors (Lipinski definition) is 6. The molecule has 3 aromatic rings. The second-order valence-electron chi connectivity index (χ2n) is 4.65. The lowest BCUT2D eigenvalue weighted by atomic mass is 10.1. The van der Waals surface area contributed by atoms with Gasteiger partial charge in [0.2, 0.25) is 11.8 Å². The number of nitro groups is 1. The van der Waals surface area contributed by atoms with E-state index in [1.807, 2.05) is 0 Å². The zero-order chi connectivity index (χ0) is 16.4. The summed E-state index contributed by atoms with van der Waals surface area (Å²) in [5, 5.41) is 17.8. The summed E-state index contributed by atoms with van der Waals surface area (Å²) in [6, 6.07) is 6.96. The van der Waals surface area contributed by atoms with Crippen molar-refractivity contribution >= 4 is 17.5 Å².